The van der Waals surface area contributed by atoms with Crippen molar-refractivity contribution in [3.63, 3.8) is 0 Å². The summed E-state index contributed by atoms with van der Waals surface area (Å²) in [6.45, 7) is 1.49. The molecule has 4 aromatic rings. The average molecular weight is 363 g/mol. The summed E-state index contributed by atoms with van der Waals surface area (Å²) >= 11 is 6.22. The lowest BCUT2D eigenvalue weighted by atomic mass is 10.1. The van der Waals surface area contributed by atoms with Crippen LogP contribution < -0.4 is 9.64 Å². The van der Waals surface area contributed by atoms with E-state index in [1.807, 2.05) is 48.5 Å². The fourth-order valence-electron chi connectivity index (χ4n) is 3.13. The molecule has 5 rings (SSSR count). The van der Waals surface area contributed by atoms with Crippen LogP contribution in [0, 0.1) is 0 Å². The fraction of sp³-hybridized carbons (Fsp3) is 0.150. The van der Waals surface area contributed by atoms with E-state index in [9.17, 15) is 0 Å². The standard InChI is InChI=1S/C20H15ClN4O/c21-19-20(24-17-8-4-3-7-16(17)23-19)26-14-11-25(12-14)18-10-9-13-5-1-2-6-15(13)22-18/h1-10,14H,11-12H2. The van der Waals surface area contributed by atoms with Crippen molar-refractivity contribution in [2.45, 2.75) is 6.10 Å². The van der Waals surface area contributed by atoms with E-state index in [0.29, 0.717) is 11.0 Å². The zero-order chi connectivity index (χ0) is 17.5. The fourth-order valence-corrected chi connectivity index (χ4v) is 3.30. The van der Waals surface area contributed by atoms with Crippen molar-refractivity contribution < 1.29 is 4.74 Å². The highest BCUT2D eigenvalue weighted by Gasteiger charge is 2.30. The molecule has 0 bridgehead atoms. The number of nitrogens with zero attached hydrogens (tertiary/aromatic N) is 4. The Labute approximate surface area is 155 Å². The number of hydrogen-bond donors (Lipinski definition) is 0. The number of ether oxygens (including phenoxy) is 1. The van der Waals surface area contributed by atoms with Gasteiger partial charge in [-0.2, -0.15) is 0 Å². The molecule has 0 amide bonds. The van der Waals surface area contributed by atoms with Crippen molar-refractivity contribution >= 4 is 39.4 Å². The molecule has 0 spiro atoms. The summed E-state index contributed by atoms with van der Waals surface area (Å²) in [5, 5.41) is 1.44. The van der Waals surface area contributed by atoms with E-state index >= 15 is 0 Å². The van der Waals surface area contributed by atoms with Gasteiger partial charge in [-0.1, -0.05) is 41.9 Å². The molecule has 0 radical (unpaired) electrons. The van der Waals surface area contributed by atoms with Gasteiger partial charge in [0.2, 0.25) is 0 Å². The van der Waals surface area contributed by atoms with Crippen molar-refractivity contribution in [2.75, 3.05) is 18.0 Å². The van der Waals surface area contributed by atoms with Crippen molar-refractivity contribution in [3.8, 4) is 5.88 Å². The molecule has 1 aliphatic heterocycles. The second kappa shape index (κ2) is 6.11. The molecule has 3 heterocycles. The lowest BCUT2D eigenvalue weighted by molar-refractivity contribution is 0.160. The summed E-state index contributed by atoms with van der Waals surface area (Å²) in [5.74, 6) is 1.35. The van der Waals surface area contributed by atoms with E-state index in [1.54, 1.807) is 0 Å². The molecule has 1 saturated heterocycles. The van der Waals surface area contributed by atoms with Crippen LogP contribution in [0.4, 0.5) is 5.82 Å². The molecule has 26 heavy (non-hydrogen) atoms. The number of aromatic nitrogens is 3. The maximum absolute atomic E-state index is 6.22. The molecule has 0 saturated carbocycles. The van der Waals surface area contributed by atoms with Gasteiger partial charge in [-0.25, -0.2) is 15.0 Å². The van der Waals surface area contributed by atoms with Crippen LogP contribution in [-0.2, 0) is 0 Å². The van der Waals surface area contributed by atoms with E-state index in [0.717, 1.165) is 40.8 Å². The molecule has 1 aliphatic rings. The van der Waals surface area contributed by atoms with Gasteiger partial charge in [-0.15, -0.1) is 0 Å². The van der Waals surface area contributed by atoms with Crippen LogP contribution in [0.3, 0.4) is 0 Å². The van der Waals surface area contributed by atoms with Gasteiger partial charge < -0.3 is 9.64 Å². The molecule has 6 heteroatoms. The van der Waals surface area contributed by atoms with Gasteiger partial charge in [0.1, 0.15) is 11.9 Å². The first kappa shape index (κ1) is 15.3. The Morgan fingerprint density at radius 1 is 0.808 bits per heavy atom. The van der Waals surface area contributed by atoms with Gasteiger partial charge in [0.15, 0.2) is 5.15 Å². The van der Waals surface area contributed by atoms with Crippen LogP contribution in [0.25, 0.3) is 21.9 Å². The van der Waals surface area contributed by atoms with Crippen LogP contribution in [0.2, 0.25) is 5.15 Å². The minimum atomic E-state index is 0.0243. The number of pyridine rings is 1. The molecule has 0 aliphatic carbocycles. The van der Waals surface area contributed by atoms with E-state index in [4.69, 9.17) is 21.3 Å². The molecule has 0 atom stereocenters. The third-order valence-electron chi connectivity index (χ3n) is 4.53. The predicted molar refractivity (Wildman–Crippen MR) is 103 cm³/mol. The van der Waals surface area contributed by atoms with E-state index in [2.05, 4.69) is 27.0 Å². The molecule has 1 fully saturated rings. The molecule has 5 nitrogen and oxygen atoms in total. The lowest BCUT2D eigenvalue weighted by Gasteiger charge is -2.39. The number of para-hydroxylation sites is 3. The lowest BCUT2D eigenvalue weighted by Crippen LogP contribution is -2.54. The molecule has 128 valence electrons. The topological polar surface area (TPSA) is 51.1 Å². The summed E-state index contributed by atoms with van der Waals surface area (Å²) in [5.41, 5.74) is 2.54. The zero-order valence-corrected chi connectivity index (χ0v) is 14.6. The number of hydrogen-bond acceptors (Lipinski definition) is 5. The number of benzene rings is 2. The van der Waals surface area contributed by atoms with Crippen molar-refractivity contribution in [2.24, 2.45) is 0 Å². The van der Waals surface area contributed by atoms with Crippen LogP contribution in [0.15, 0.2) is 60.7 Å². The van der Waals surface area contributed by atoms with Crippen LogP contribution in [0.5, 0.6) is 5.88 Å². The first-order chi connectivity index (χ1) is 12.8. The molecular formula is C20H15ClN4O. The number of halogens is 1. The molecule has 0 N–H and O–H groups in total. The molecule has 2 aromatic carbocycles. The van der Waals surface area contributed by atoms with Gasteiger partial charge in [-0.3, -0.25) is 0 Å². The summed E-state index contributed by atoms with van der Waals surface area (Å²) in [6, 6.07) is 19.9. The third kappa shape index (κ3) is 2.70. The highest BCUT2D eigenvalue weighted by atomic mass is 35.5. The maximum Gasteiger partial charge on any atom is 0.253 e. The van der Waals surface area contributed by atoms with Crippen molar-refractivity contribution in [1.82, 2.24) is 15.0 Å². The predicted octanol–water partition coefficient (Wildman–Crippen LogP) is 4.10. The summed E-state index contributed by atoms with van der Waals surface area (Å²) in [4.78, 5) is 15.7. The SMILES string of the molecule is Clc1nc2ccccc2nc1OC1CN(c2ccc3ccccc3n2)C1. The Balaban J connectivity index is 1.31. The van der Waals surface area contributed by atoms with Gasteiger partial charge in [0.05, 0.1) is 29.6 Å². The van der Waals surface area contributed by atoms with Crippen LogP contribution >= 0.6 is 11.6 Å². The second-order valence-corrected chi connectivity index (χ2v) is 6.67. The van der Waals surface area contributed by atoms with Gasteiger partial charge in [-0.05, 0) is 30.3 Å². The molecular weight excluding hydrogens is 348 g/mol. The Kier molecular flexibility index (Phi) is 3.60. The van der Waals surface area contributed by atoms with Gasteiger partial charge in [0.25, 0.3) is 5.88 Å². The van der Waals surface area contributed by atoms with E-state index in [1.165, 1.54) is 0 Å². The third-order valence-corrected chi connectivity index (χ3v) is 4.78. The first-order valence-corrected chi connectivity index (χ1v) is 8.84. The number of rotatable bonds is 3. The summed E-state index contributed by atoms with van der Waals surface area (Å²) in [7, 11) is 0. The number of anilines is 1. The normalized spacial score (nSPS) is 14.6. The summed E-state index contributed by atoms with van der Waals surface area (Å²) in [6.07, 6.45) is 0.0243. The van der Waals surface area contributed by atoms with Gasteiger partial charge in [0, 0.05) is 5.39 Å². The van der Waals surface area contributed by atoms with E-state index in [-0.39, 0.29) is 6.10 Å². The van der Waals surface area contributed by atoms with Crippen molar-refractivity contribution in [1.29, 1.82) is 0 Å². The largest absolute Gasteiger partial charge is 0.468 e. The minimum absolute atomic E-state index is 0.0243. The van der Waals surface area contributed by atoms with Crippen LogP contribution in [0.1, 0.15) is 0 Å². The highest BCUT2D eigenvalue weighted by molar-refractivity contribution is 6.31. The van der Waals surface area contributed by atoms with Crippen molar-refractivity contribution in [3.05, 3.63) is 65.8 Å². The summed E-state index contributed by atoms with van der Waals surface area (Å²) < 4.78 is 5.95. The Bertz CT molecular complexity index is 1110. The monoisotopic (exact) mass is 362 g/mol. The van der Waals surface area contributed by atoms with Gasteiger partial charge >= 0.3 is 0 Å². The smallest absolute Gasteiger partial charge is 0.253 e. The zero-order valence-electron chi connectivity index (χ0n) is 13.8. The Morgan fingerprint density at radius 2 is 1.50 bits per heavy atom. The number of fused-ring (bicyclic) bond motifs is 2. The quantitative estimate of drug-likeness (QED) is 0.549. The molecule has 2 aromatic heterocycles. The minimum Gasteiger partial charge on any atom is -0.468 e. The second-order valence-electron chi connectivity index (χ2n) is 6.32. The first-order valence-electron chi connectivity index (χ1n) is 8.46. The Morgan fingerprint density at radius 3 is 2.31 bits per heavy atom. The average Bonchev–Trinajstić information content (AvgIpc) is 2.64. The molecule has 0 unspecified atom stereocenters. The maximum atomic E-state index is 6.22. The highest BCUT2D eigenvalue weighted by Crippen LogP contribution is 2.28. The Hall–Kier alpha value is -2.92. The van der Waals surface area contributed by atoms with E-state index < -0.39 is 0 Å². The van der Waals surface area contributed by atoms with Crippen LogP contribution in [-0.4, -0.2) is 34.1 Å².